The third-order valence-corrected chi connectivity index (χ3v) is 3.54. The van der Waals surface area contributed by atoms with Gasteiger partial charge in [-0.2, -0.15) is 0 Å². The van der Waals surface area contributed by atoms with Crippen molar-refractivity contribution < 1.29 is 19.1 Å². The molecule has 0 saturated heterocycles. The quantitative estimate of drug-likeness (QED) is 0.708. The van der Waals surface area contributed by atoms with Gasteiger partial charge in [-0.1, -0.05) is 23.2 Å². The van der Waals surface area contributed by atoms with Crippen molar-refractivity contribution in [2.45, 2.75) is 19.0 Å². The van der Waals surface area contributed by atoms with Crippen molar-refractivity contribution in [3.8, 4) is 0 Å². The Morgan fingerprint density at radius 1 is 1.26 bits per heavy atom. The summed E-state index contributed by atoms with van der Waals surface area (Å²) in [6.07, 6.45) is 1.23. The molecule has 0 aliphatic carbocycles. The molecule has 122 valence electrons. The van der Waals surface area contributed by atoms with Crippen LogP contribution in [0.15, 0.2) is 41.0 Å². The average Bonchev–Trinajstić information content (AvgIpc) is 2.99. The smallest absolute Gasteiger partial charge is 0.321 e. The average molecular weight is 357 g/mol. The Kier molecular flexibility index (Phi) is 6.04. The molecule has 0 spiro atoms. The fourth-order valence-electron chi connectivity index (χ4n) is 1.86. The minimum atomic E-state index is -1.13. The number of halogens is 2. The first-order valence-electron chi connectivity index (χ1n) is 6.69. The number of carbonyl (C=O) groups is 2. The molecule has 0 aliphatic heterocycles. The van der Waals surface area contributed by atoms with Gasteiger partial charge in [0.05, 0.1) is 29.9 Å². The molecular formula is C15H14Cl2N2O4. The number of hydrogen-bond donors (Lipinski definition) is 3. The number of anilines is 1. The summed E-state index contributed by atoms with van der Waals surface area (Å²) in [4.78, 5) is 23.2. The van der Waals surface area contributed by atoms with Gasteiger partial charge in [-0.3, -0.25) is 14.9 Å². The predicted octanol–water partition coefficient (Wildman–Crippen LogP) is 3.16. The van der Waals surface area contributed by atoms with Gasteiger partial charge < -0.3 is 14.8 Å². The number of nitrogens with one attached hydrogen (secondary N) is 2. The van der Waals surface area contributed by atoms with E-state index in [1.54, 1.807) is 24.3 Å². The highest BCUT2D eigenvalue weighted by Crippen LogP contribution is 2.25. The molecule has 3 N–H and O–H groups in total. The summed E-state index contributed by atoms with van der Waals surface area (Å²) in [5.41, 5.74) is 0.372. The van der Waals surface area contributed by atoms with E-state index in [2.05, 4.69) is 10.6 Å². The Hall–Kier alpha value is -2.02. The predicted molar refractivity (Wildman–Crippen MR) is 86.7 cm³/mol. The second-order valence-electron chi connectivity index (χ2n) is 4.73. The van der Waals surface area contributed by atoms with Crippen LogP contribution in [0.3, 0.4) is 0 Å². The molecule has 0 radical (unpaired) electrons. The van der Waals surface area contributed by atoms with Gasteiger partial charge in [-0.15, -0.1) is 0 Å². The van der Waals surface area contributed by atoms with Crippen LogP contribution in [-0.4, -0.2) is 23.0 Å². The Bertz CT molecular complexity index is 689. The molecule has 0 aliphatic rings. The summed E-state index contributed by atoms with van der Waals surface area (Å²) in [5, 5.41) is 15.2. The Balaban J connectivity index is 1.93. The molecular weight excluding hydrogens is 343 g/mol. The Morgan fingerprint density at radius 3 is 2.65 bits per heavy atom. The van der Waals surface area contributed by atoms with E-state index in [0.29, 0.717) is 16.5 Å². The van der Waals surface area contributed by atoms with Gasteiger partial charge in [-0.25, -0.2) is 0 Å². The summed E-state index contributed by atoms with van der Waals surface area (Å²) >= 11 is 11.7. The Morgan fingerprint density at radius 2 is 2.04 bits per heavy atom. The second-order valence-corrected chi connectivity index (χ2v) is 5.57. The molecule has 1 aromatic heterocycles. The van der Waals surface area contributed by atoms with Gasteiger partial charge in [0.2, 0.25) is 5.91 Å². The Labute approximate surface area is 142 Å². The molecule has 8 heteroatoms. The van der Waals surface area contributed by atoms with E-state index in [9.17, 15) is 14.7 Å². The summed E-state index contributed by atoms with van der Waals surface area (Å²) in [7, 11) is 0. The van der Waals surface area contributed by atoms with Crippen LogP contribution in [0.25, 0.3) is 0 Å². The lowest BCUT2D eigenvalue weighted by Crippen LogP contribution is -2.39. The molecule has 6 nitrogen and oxygen atoms in total. The van der Waals surface area contributed by atoms with E-state index in [4.69, 9.17) is 27.6 Å². The SMILES string of the molecule is O=C(C[C@H](NCc1ccco1)C(=O)O)Nc1ccc(Cl)cc1Cl. The zero-order valence-corrected chi connectivity index (χ0v) is 13.4. The minimum absolute atomic E-state index is 0.207. The zero-order valence-electron chi connectivity index (χ0n) is 11.9. The number of carboxylic acid groups (broad SMARTS) is 1. The summed E-state index contributed by atoms with van der Waals surface area (Å²) in [6.45, 7) is 0.207. The van der Waals surface area contributed by atoms with E-state index < -0.39 is 17.9 Å². The number of furan rings is 1. The summed E-state index contributed by atoms with van der Waals surface area (Å²) in [5.74, 6) is -1.03. The molecule has 0 bridgehead atoms. The lowest BCUT2D eigenvalue weighted by atomic mass is 10.2. The van der Waals surface area contributed by atoms with Gasteiger partial charge in [0, 0.05) is 5.02 Å². The monoisotopic (exact) mass is 356 g/mol. The number of rotatable bonds is 7. The first-order chi connectivity index (χ1) is 11.0. The normalized spacial score (nSPS) is 11.9. The first kappa shape index (κ1) is 17.3. The van der Waals surface area contributed by atoms with E-state index in [1.807, 2.05) is 0 Å². The van der Waals surface area contributed by atoms with Crippen LogP contribution in [0.5, 0.6) is 0 Å². The largest absolute Gasteiger partial charge is 0.480 e. The molecule has 1 heterocycles. The van der Waals surface area contributed by atoms with Crippen molar-refractivity contribution in [2.75, 3.05) is 5.32 Å². The number of amides is 1. The molecule has 2 aromatic rings. The molecule has 0 saturated carbocycles. The molecule has 2 rings (SSSR count). The standard InChI is InChI=1S/C15H14Cl2N2O4/c16-9-3-4-12(11(17)6-9)19-14(20)7-13(15(21)22)18-8-10-2-1-5-23-10/h1-6,13,18H,7-8H2,(H,19,20)(H,21,22)/t13-/m0/s1. The maximum Gasteiger partial charge on any atom is 0.321 e. The number of carboxylic acids is 1. The highest BCUT2D eigenvalue weighted by molar-refractivity contribution is 6.36. The molecule has 1 amide bonds. The van der Waals surface area contributed by atoms with Gasteiger partial charge in [0.1, 0.15) is 11.8 Å². The van der Waals surface area contributed by atoms with Crippen molar-refractivity contribution in [3.63, 3.8) is 0 Å². The van der Waals surface area contributed by atoms with Crippen LogP contribution in [0.4, 0.5) is 5.69 Å². The van der Waals surface area contributed by atoms with E-state index in [1.165, 1.54) is 12.3 Å². The first-order valence-corrected chi connectivity index (χ1v) is 7.45. The maximum atomic E-state index is 12.0. The second kappa shape index (κ2) is 8.01. The highest BCUT2D eigenvalue weighted by atomic mass is 35.5. The molecule has 1 atom stereocenters. The van der Waals surface area contributed by atoms with Crippen LogP contribution in [0.2, 0.25) is 10.0 Å². The zero-order chi connectivity index (χ0) is 16.8. The molecule has 0 fully saturated rings. The lowest BCUT2D eigenvalue weighted by Gasteiger charge is -2.14. The van der Waals surface area contributed by atoms with Crippen LogP contribution < -0.4 is 10.6 Å². The van der Waals surface area contributed by atoms with Crippen LogP contribution >= 0.6 is 23.2 Å². The van der Waals surface area contributed by atoms with Gasteiger partial charge >= 0.3 is 5.97 Å². The summed E-state index contributed by atoms with van der Waals surface area (Å²) < 4.78 is 5.11. The van der Waals surface area contributed by atoms with Crippen LogP contribution in [0, 0.1) is 0 Å². The molecule has 1 aromatic carbocycles. The number of benzene rings is 1. The van der Waals surface area contributed by atoms with Crippen LogP contribution in [-0.2, 0) is 16.1 Å². The lowest BCUT2D eigenvalue weighted by molar-refractivity contribution is -0.141. The highest BCUT2D eigenvalue weighted by Gasteiger charge is 2.21. The third-order valence-electron chi connectivity index (χ3n) is 3.00. The van der Waals surface area contributed by atoms with E-state index >= 15 is 0 Å². The fourth-order valence-corrected chi connectivity index (χ4v) is 2.32. The van der Waals surface area contributed by atoms with Crippen molar-refractivity contribution in [2.24, 2.45) is 0 Å². The van der Waals surface area contributed by atoms with Crippen LogP contribution in [0.1, 0.15) is 12.2 Å². The minimum Gasteiger partial charge on any atom is -0.480 e. The van der Waals surface area contributed by atoms with Crippen molar-refractivity contribution in [1.29, 1.82) is 0 Å². The van der Waals surface area contributed by atoms with Crippen molar-refractivity contribution in [1.82, 2.24) is 5.32 Å². The van der Waals surface area contributed by atoms with Gasteiger partial charge in [0.25, 0.3) is 0 Å². The van der Waals surface area contributed by atoms with Gasteiger partial charge in [-0.05, 0) is 30.3 Å². The van der Waals surface area contributed by atoms with E-state index in [-0.39, 0.29) is 18.0 Å². The fraction of sp³-hybridized carbons (Fsp3) is 0.200. The third kappa shape index (κ3) is 5.28. The van der Waals surface area contributed by atoms with Crippen molar-refractivity contribution >= 4 is 40.8 Å². The topological polar surface area (TPSA) is 91.6 Å². The number of carbonyl (C=O) groups excluding carboxylic acids is 1. The van der Waals surface area contributed by atoms with Crippen molar-refractivity contribution in [3.05, 3.63) is 52.4 Å². The maximum absolute atomic E-state index is 12.0. The van der Waals surface area contributed by atoms with E-state index in [0.717, 1.165) is 0 Å². The number of hydrogen-bond acceptors (Lipinski definition) is 4. The molecule has 23 heavy (non-hydrogen) atoms. The number of aliphatic carboxylic acids is 1. The molecule has 0 unspecified atom stereocenters. The van der Waals surface area contributed by atoms with Gasteiger partial charge in [0.15, 0.2) is 0 Å². The summed E-state index contributed by atoms with van der Waals surface area (Å²) in [6, 6.07) is 6.97.